The highest BCUT2D eigenvalue weighted by Crippen LogP contribution is 2.24. The Hall–Kier alpha value is -2.31. The highest BCUT2D eigenvalue weighted by Gasteiger charge is 2.10. The zero-order valence-corrected chi connectivity index (χ0v) is 15.4. The number of aromatic amines is 1. The predicted molar refractivity (Wildman–Crippen MR) is 103 cm³/mol. The number of nitrogens with one attached hydrogen (secondary N) is 2. The molecule has 7 heteroatoms. The van der Waals surface area contributed by atoms with E-state index in [1.807, 2.05) is 48.5 Å². The molecular formula is C18H19ClN4OS. The van der Waals surface area contributed by atoms with Gasteiger partial charge in [-0.15, -0.1) is 0 Å². The van der Waals surface area contributed by atoms with Crippen LogP contribution in [0, 0.1) is 4.77 Å². The van der Waals surface area contributed by atoms with Gasteiger partial charge >= 0.3 is 0 Å². The second kappa shape index (κ2) is 8.18. The van der Waals surface area contributed by atoms with E-state index in [1.165, 1.54) is 0 Å². The van der Waals surface area contributed by atoms with Crippen molar-refractivity contribution in [3.63, 3.8) is 0 Å². The summed E-state index contributed by atoms with van der Waals surface area (Å²) in [5.41, 5.74) is 5.23. The van der Waals surface area contributed by atoms with E-state index in [2.05, 4.69) is 22.5 Å². The largest absolute Gasteiger partial charge is 0.493 e. The lowest BCUT2D eigenvalue weighted by Crippen LogP contribution is -2.16. The van der Waals surface area contributed by atoms with Crippen LogP contribution in [0.2, 0.25) is 5.02 Å². The maximum atomic E-state index is 6.14. The van der Waals surface area contributed by atoms with Gasteiger partial charge in [-0.1, -0.05) is 48.9 Å². The van der Waals surface area contributed by atoms with Crippen LogP contribution in [-0.2, 0) is 6.54 Å². The van der Waals surface area contributed by atoms with Gasteiger partial charge in [0.1, 0.15) is 5.75 Å². The molecule has 25 heavy (non-hydrogen) atoms. The molecule has 1 heterocycles. The van der Waals surface area contributed by atoms with Crippen LogP contribution in [0.15, 0.2) is 48.5 Å². The Labute approximate surface area is 156 Å². The van der Waals surface area contributed by atoms with Gasteiger partial charge in [-0.2, -0.15) is 5.10 Å². The summed E-state index contributed by atoms with van der Waals surface area (Å²) in [7, 11) is 0. The molecule has 0 aliphatic rings. The number of halogens is 1. The molecule has 0 amide bonds. The van der Waals surface area contributed by atoms with Crippen molar-refractivity contribution in [2.75, 3.05) is 12.0 Å². The van der Waals surface area contributed by atoms with Crippen molar-refractivity contribution in [3.8, 4) is 17.1 Å². The van der Waals surface area contributed by atoms with Gasteiger partial charge in [0.05, 0.1) is 13.2 Å². The second-order valence-corrected chi connectivity index (χ2v) is 6.31. The number of nitrogens with zero attached hydrogens (tertiary/aromatic N) is 2. The molecule has 2 N–H and O–H groups in total. The lowest BCUT2D eigenvalue weighted by molar-refractivity contribution is 0.314. The number of hydrogen-bond donors (Lipinski definition) is 2. The summed E-state index contributed by atoms with van der Waals surface area (Å²) in [6.45, 7) is 3.24. The summed E-state index contributed by atoms with van der Waals surface area (Å²) in [4.78, 5) is 0. The Morgan fingerprint density at radius 1 is 1.24 bits per heavy atom. The van der Waals surface area contributed by atoms with E-state index in [-0.39, 0.29) is 0 Å². The van der Waals surface area contributed by atoms with E-state index in [1.54, 1.807) is 4.68 Å². The number of ether oxygens (including phenoxy) is 1. The molecule has 0 unspecified atom stereocenters. The van der Waals surface area contributed by atoms with E-state index in [4.69, 9.17) is 28.6 Å². The Bertz CT molecular complexity index is 892. The molecule has 0 atom stereocenters. The zero-order valence-electron chi connectivity index (χ0n) is 13.8. The average Bonchev–Trinajstić information content (AvgIpc) is 3.00. The smallest absolute Gasteiger partial charge is 0.214 e. The molecule has 0 aliphatic heterocycles. The first-order valence-electron chi connectivity index (χ1n) is 8.07. The molecule has 3 aromatic rings. The summed E-state index contributed by atoms with van der Waals surface area (Å²) in [6, 6.07) is 15.5. The number of rotatable bonds is 7. The van der Waals surface area contributed by atoms with Gasteiger partial charge in [0.15, 0.2) is 5.82 Å². The quantitative estimate of drug-likeness (QED) is 0.583. The van der Waals surface area contributed by atoms with Crippen molar-refractivity contribution < 1.29 is 4.74 Å². The summed E-state index contributed by atoms with van der Waals surface area (Å²) < 4.78 is 8.06. The number of aromatic nitrogens is 3. The van der Waals surface area contributed by atoms with E-state index in [0.717, 1.165) is 29.1 Å². The minimum atomic E-state index is 0.497. The first-order chi connectivity index (χ1) is 12.2. The lowest BCUT2D eigenvalue weighted by Gasteiger charge is -2.14. The van der Waals surface area contributed by atoms with E-state index < -0.39 is 0 Å². The van der Waals surface area contributed by atoms with Crippen LogP contribution in [0.5, 0.6) is 5.75 Å². The molecular weight excluding hydrogens is 356 g/mol. The number of H-pyrrole nitrogens is 1. The molecule has 0 radical (unpaired) electrons. The van der Waals surface area contributed by atoms with Crippen LogP contribution >= 0.6 is 23.8 Å². The van der Waals surface area contributed by atoms with Crippen LogP contribution in [0.25, 0.3) is 11.4 Å². The number of hydrogen-bond acceptors (Lipinski definition) is 4. The Morgan fingerprint density at radius 2 is 2.04 bits per heavy atom. The topological polar surface area (TPSA) is 54.9 Å². The molecule has 5 nitrogen and oxygen atoms in total. The van der Waals surface area contributed by atoms with Crippen molar-refractivity contribution >= 4 is 23.8 Å². The highest BCUT2D eigenvalue weighted by molar-refractivity contribution is 7.71. The summed E-state index contributed by atoms with van der Waals surface area (Å²) >= 11 is 11.5. The molecule has 0 aliphatic carbocycles. The minimum absolute atomic E-state index is 0.497. The molecule has 3 rings (SSSR count). The van der Waals surface area contributed by atoms with Crippen LogP contribution in [0.3, 0.4) is 0 Å². The first-order valence-corrected chi connectivity index (χ1v) is 8.85. The monoisotopic (exact) mass is 374 g/mol. The van der Waals surface area contributed by atoms with Gasteiger partial charge in [-0.25, -0.2) is 9.77 Å². The van der Waals surface area contributed by atoms with Gasteiger partial charge in [0.25, 0.3) is 0 Å². The van der Waals surface area contributed by atoms with Crippen molar-refractivity contribution in [2.45, 2.75) is 19.9 Å². The predicted octanol–water partition coefficient (Wildman–Crippen LogP) is 4.79. The Kier molecular flexibility index (Phi) is 5.73. The fourth-order valence-corrected chi connectivity index (χ4v) is 2.82. The van der Waals surface area contributed by atoms with Crippen molar-refractivity contribution in [3.05, 3.63) is 63.9 Å². The Balaban J connectivity index is 1.84. The third kappa shape index (κ3) is 4.21. The number of benzene rings is 2. The van der Waals surface area contributed by atoms with Gasteiger partial charge in [0, 0.05) is 16.1 Å². The van der Waals surface area contributed by atoms with Crippen LogP contribution < -0.4 is 10.2 Å². The maximum Gasteiger partial charge on any atom is 0.214 e. The van der Waals surface area contributed by atoms with Crippen molar-refractivity contribution in [2.24, 2.45) is 0 Å². The highest BCUT2D eigenvalue weighted by atomic mass is 35.5. The molecule has 0 spiro atoms. The minimum Gasteiger partial charge on any atom is -0.493 e. The van der Waals surface area contributed by atoms with Gasteiger partial charge < -0.3 is 10.2 Å². The van der Waals surface area contributed by atoms with E-state index in [9.17, 15) is 0 Å². The summed E-state index contributed by atoms with van der Waals surface area (Å²) in [6.07, 6.45) is 0.945. The van der Waals surface area contributed by atoms with Crippen molar-refractivity contribution in [1.29, 1.82) is 0 Å². The van der Waals surface area contributed by atoms with Gasteiger partial charge in [-0.3, -0.25) is 0 Å². The third-order valence-electron chi connectivity index (χ3n) is 3.62. The Morgan fingerprint density at radius 3 is 2.80 bits per heavy atom. The molecule has 1 aromatic heterocycles. The lowest BCUT2D eigenvalue weighted by atomic mass is 10.2. The molecule has 0 saturated heterocycles. The normalized spacial score (nSPS) is 10.6. The van der Waals surface area contributed by atoms with E-state index >= 15 is 0 Å². The molecule has 2 aromatic carbocycles. The van der Waals surface area contributed by atoms with Crippen LogP contribution in [-0.4, -0.2) is 21.5 Å². The third-order valence-corrected chi connectivity index (χ3v) is 4.13. The second-order valence-electron chi connectivity index (χ2n) is 5.49. The molecule has 0 saturated carbocycles. The van der Waals surface area contributed by atoms with E-state index in [0.29, 0.717) is 22.9 Å². The fourth-order valence-electron chi connectivity index (χ4n) is 2.43. The first kappa shape index (κ1) is 17.5. The average molecular weight is 375 g/mol. The van der Waals surface area contributed by atoms with Gasteiger partial charge in [0.2, 0.25) is 4.77 Å². The summed E-state index contributed by atoms with van der Waals surface area (Å²) in [5.74, 6) is 1.54. The zero-order chi connectivity index (χ0) is 17.6. The van der Waals surface area contributed by atoms with Crippen LogP contribution in [0.4, 0.5) is 0 Å². The maximum absolute atomic E-state index is 6.14. The molecule has 0 fully saturated rings. The van der Waals surface area contributed by atoms with Crippen molar-refractivity contribution in [1.82, 2.24) is 14.9 Å². The summed E-state index contributed by atoms with van der Waals surface area (Å²) in [5, 5.41) is 7.81. The standard InChI is InChI=1S/C18H19ClN4OS/c1-2-10-24-16-9-8-15(19)11-14(16)12-20-23-17(21-22-18(23)25)13-6-4-3-5-7-13/h3-9,11,20H,2,10,12H2,1H3,(H,22,25). The molecule has 130 valence electrons. The molecule has 0 bridgehead atoms. The van der Waals surface area contributed by atoms with Crippen LogP contribution in [0.1, 0.15) is 18.9 Å². The SMILES string of the molecule is CCCOc1ccc(Cl)cc1CNn1c(-c2ccccc2)n[nH]c1=S. The fraction of sp³-hybridized carbons (Fsp3) is 0.222. The van der Waals surface area contributed by atoms with Gasteiger partial charge in [-0.05, 0) is 36.8 Å².